The fourth-order valence-corrected chi connectivity index (χ4v) is 2.41. The van der Waals surface area contributed by atoms with Crippen LogP contribution in [0.15, 0.2) is 36.7 Å². The average molecular weight is 273 g/mol. The maximum atomic E-state index is 10.9. The molecule has 1 unspecified atom stereocenters. The molecule has 20 heavy (non-hydrogen) atoms. The van der Waals surface area contributed by atoms with E-state index in [1.165, 1.54) is 0 Å². The number of rotatable bonds is 7. The second-order valence-corrected chi connectivity index (χ2v) is 5.32. The summed E-state index contributed by atoms with van der Waals surface area (Å²) in [4.78, 5) is 4.30. The fourth-order valence-electron chi connectivity index (χ4n) is 2.41. The Hall–Kier alpha value is -1.68. The van der Waals surface area contributed by atoms with Gasteiger partial charge >= 0.3 is 0 Å². The van der Waals surface area contributed by atoms with Gasteiger partial charge in [0.25, 0.3) is 0 Å². The van der Waals surface area contributed by atoms with E-state index in [2.05, 4.69) is 29.1 Å². The highest BCUT2D eigenvalue weighted by molar-refractivity contribution is 5.17. The van der Waals surface area contributed by atoms with Crippen molar-refractivity contribution < 1.29 is 5.11 Å². The van der Waals surface area contributed by atoms with E-state index in [1.54, 1.807) is 6.33 Å². The predicted molar refractivity (Wildman–Crippen MR) is 79.4 cm³/mol. The van der Waals surface area contributed by atoms with Crippen LogP contribution in [0.4, 0.5) is 0 Å². The number of aromatic nitrogens is 3. The summed E-state index contributed by atoms with van der Waals surface area (Å²) in [5, 5.41) is 15.1. The van der Waals surface area contributed by atoms with Crippen LogP contribution in [0.3, 0.4) is 0 Å². The molecule has 0 radical (unpaired) electrons. The Labute approximate surface area is 120 Å². The Bertz CT molecular complexity index is 524. The molecule has 1 aromatic carbocycles. The fraction of sp³-hybridized carbons (Fsp3) is 0.500. The van der Waals surface area contributed by atoms with Crippen molar-refractivity contribution in [1.82, 2.24) is 14.8 Å². The van der Waals surface area contributed by atoms with Gasteiger partial charge in [0.05, 0.1) is 5.60 Å². The highest BCUT2D eigenvalue weighted by atomic mass is 16.3. The third-order valence-electron chi connectivity index (χ3n) is 3.65. The van der Waals surface area contributed by atoms with E-state index in [0.29, 0.717) is 19.3 Å². The number of hydrogen-bond donors (Lipinski definition) is 1. The number of benzene rings is 1. The maximum absolute atomic E-state index is 10.9. The van der Waals surface area contributed by atoms with Gasteiger partial charge in [-0.1, -0.05) is 44.2 Å². The van der Waals surface area contributed by atoms with Crippen LogP contribution in [0, 0.1) is 0 Å². The van der Waals surface area contributed by atoms with Gasteiger partial charge in [-0.05, 0) is 18.4 Å². The Morgan fingerprint density at radius 2 is 1.90 bits per heavy atom. The second-order valence-electron chi connectivity index (χ2n) is 5.32. The van der Waals surface area contributed by atoms with Gasteiger partial charge in [-0.25, -0.2) is 4.98 Å². The first-order valence-corrected chi connectivity index (χ1v) is 7.30. The lowest BCUT2D eigenvalue weighted by atomic mass is 9.88. The van der Waals surface area contributed by atoms with Crippen molar-refractivity contribution in [3.05, 3.63) is 48.0 Å². The van der Waals surface area contributed by atoms with E-state index >= 15 is 0 Å². The minimum Gasteiger partial charge on any atom is -0.389 e. The molecule has 0 fully saturated rings. The molecule has 1 N–H and O–H groups in total. The Balaban J connectivity index is 2.12. The van der Waals surface area contributed by atoms with Crippen molar-refractivity contribution in [2.45, 2.75) is 51.7 Å². The zero-order valence-corrected chi connectivity index (χ0v) is 12.3. The van der Waals surface area contributed by atoms with Crippen molar-refractivity contribution in [2.75, 3.05) is 0 Å². The lowest BCUT2D eigenvalue weighted by Crippen LogP contribution is -2.34. The first-order valence-electron chi connectivity index (χ1n) is 7.30. The van der Waals surface area contributed by atoms with Crippen molar-refractivity contribution >= 4 is 0 Å². The molecule has 1 atom stereocenters. The SMILES string of the molecule is CCCn1ncnc1CC(O)(CC)Cc1ccccc1. The topological polar surface area (TPSA) is 50.9 Å². The Morgan fingerprint density at radius 3 is 2.55 bits per heavy atom. The molecule has 0 aliphatic heterocycles. The van der Waals surface area contributed by atoms with Gasteiger partial charge in [0.15, 0.2) is 0 Å². The molecule has 1 aromatic heterocycles. The zero-order valence-electron chi connectivity index (χ0n) is 12.3. The molecule has 0 saturated carbocycles. The third kappa shape index (κ3) is 3.67. The number of nitrogens with zero attached hydrogens (tertiary/aromatic N) is 3. The van der Waals surface area contributed by atoms with E-state index < -0.39 is 5.60 Å². The van der Waals surface area contributed by atoms with Gasteiger partial charge in [-0.15, -0.1) is 0 Å². The first-order chi connectivity index (χ1) is 9.67. The summed E-state index contributed by atoms with van der Waals surface area (Å²) in [6, 6.07) is 10.1. The van der Waals surface area contributed by atoms with Crippen LogP contribution in [-0.2, 0) is 19.4 Å². The van der Waals surface area contributed by atoms with Gasteiger partial charge in [0.1, 0.15) is 12.2 Å². The molecule has 0 saturated heterocycles. The molecule has 4 nitrogen and oxygen atoms in total. The number of aliphatic hydroxyl groups is 1. The molecule has 2 rings (SSSR count). The summed E-state index contributed by atoms with van der Waals surface area (Å²) in [6.45, 7) is 4.98. The van der Waals surface area contributed by atoms with Crippen LogP contribution < -0.4 is 0 Å². The van der Waals surface area contributed by atoms with Gasteiger partial charge in [-0.3, -0.25) is 4.68 Å². The van der Waals surface area contributed by atoms with Crippen LogP contribution >= 0.6 is 0 Å². The molecule has 1 heterocycles. The minimum absolute atomic E-state index is 0.540. The number of aryl methyl sites for hydroxylation is 1. The van der Waals surface area contributed by atoms with Crippen LogP contribution in [0.25, 0.3) is 0 Å². The molecule has 108 valence electrons. The molecule has 0 bridgehead atoms. The predicted octanol–water partition coefficient (Wildman–Crippen LogP) is 2.61. The molecular formula is C16H23N3O. The van der Waals surface area contributed by atoms with E-state index in [4.69, 9.17) is 0 Å². The number of hydrogen-bond acceptors (Lipinski definition) is 3. The minimum atomic E-state index is -0.764. The van der Waals surface area contributed by atoms with Gasteiger partial charge in [0, 0.05) is 19.4 Å². The first kappa shape index (κ1) is 14.7. The summed E-state index contributed by atoms with van der Waals surface area (Å²) in [5.41, 5.74) is 0.387. The van der Waals surface area contributed by atoms with Crippen LogP contribution in [0.5, 0.6) is 0 Å². The Morgan fingerprint density at radius 1 is 1.15 bits per heavy atom. The summed E-state index contributed by atoms with van der Waals surface area (Å²) < 4.78 is 1.89. The van der Waals surface area contributed by atoms with Crippen molar-refractivity contribution in [3.63, 3.8) is 0 Å². The highest BCUT2D eigenvalue weighted by Gasteiger charge is 2.27. The highest BCUT2D eigenvalue weighted by Crippen LogP contribution is 2.21. The molecule has 0 aliphatic carbocycles. The van der Waals surface area contributed by atoms with Crippen LogP contribution in [0.1, 0.15) is 38.1 Å². The van der Waals surface area contributed by atoms with E-state index in [-0.39, 0.29) is 0 Å². The molecular weight excluding hydrogens is 250 g/mol. The maximum Gasteiger partial charge on any atom is 0.138 e. The lowest BCUT2D eigenvalue weighted by Gasteiger charge is -2.26. The van der Waals surface area contributed by atoms with Gasteiger partial charge in [0.2, 0.25) is 0 Å². The molecule has 2 aromatic rings. The van der Waals surface area contributed by atoms with E-state index in [0.717, 1.165) is 24.4 Å². The third-order valence-corrected chi connectivity index (χ3v) is 3.65. The van der Waals surface area contributed by atoms with Gasteiger partial charge < -0.3 is 5.11 Å². The van der Waals surface area contributed by atoms with E-state index in [9.17, 15) is 5.11 Å². The summed E-state index contributed by atoms with van der Waals surface area (Å²) in [6.07, 6.45) is 4.46. The Kier molecular flexibility index (Phi) is 4.90. The molecule has 0 amide bonds. The summed E-state index contributed by atoms with van der Waals surface area (Å²) >= 11 is 0. The van der Waals surface area contributed by atoms with Crippen molar-refractivity contribution in [3.8, 4) is 0 Å². The summed E-state index contributed by atoms with van der Waals surface area (Å²) in [7, 11) is 0. The molecule has 0 spiro atoms. The monoisotopic (exact) mass is 273 g/mol. The average Bonchev–Trinajstić information content (AvgIpc) is 2.87. The van der Waals surface area contributed by atoms with Gasteiger partial charge in [-0.2, -0.15) is 5.10 Å². The van der Waals surface area contributed by atoms with E-state index in [1.807, 2.05) is 29.8 Å². The van der Waals surface area contributed by atoms with Crippen LogP contribution in [-0.4, -0.2) is 25.5 Å². The smallest absolute Gasteiger partial charge is 0.138 e. The standard InChI is InChI=1S/C16H23N3O/c1-3-10-19-15(17-13-18-19)12-16(20,4-2)11-14-8-6-5-7-9-14/h5-9,13,20H,3-4,10-12H2,1-2H3. The molecule has 4 heteroatoms. The second kappa shape index (κ2) is 6.66. The quantitative estimate of drug-likeness (QED) is 0.843. The summed E-state index contributed by atoms with van der Waals surface area (Å²) in [5.74, 6) is 0.868. The molecule has 0 aliphatic rings. The van der Waals surface area contributed by atoms with Crippen LogP contribution in [0.2, 0.25) is 0 Å². The largest absolute Gasteiger partial charge is 0.389 e. The lowest BCUT2D eigenvalue weighted by molar-refractivity contribution is 0.0338. The van der Waals surface area contributed by atoms with Crippen molar-refractivity contribution in [2.24, 2.45) is 0 Å². The zero-order chi connectivity index (χ0) is 14.4. The normalized spacial score (nSPS) is 14.2. The van der Waals surface area contributed by atoms with Crippen molar-refractivity contribution in [1.29, 1.82) is 0 Å².